The number of rotatable bonds is 2. The minimum atomic E-state index is 0.174. The summed E-state index contributed by atoms with van der Waals surface area (Å²) in [6.45, 7) is 0. The SMILES string of the molecule is Clc1ccc(C(Br)c2ccc(Br)cc2Br)s1. The number of halogens is 4. The maximum atomic E-state index is 5.94. The van der Waals surface area contributed by atoms with E-state index in [9.17, 15) is 0 Å². The molecular weight excluding hydrogens is 439 g/mol. The number of alkyl halides is 1. The Bertz CT molecular complexity index is 510. The van der Waals surface area contributed by atoms with Gasteiger partial charge in [0.1, 0.15) is 0 Å². The van der Waals surface area contributed by atoms with Crippen molar-refractivity contribution in [1.82, 2.24) is 0 Å². The van der Waals surface area contributed by atoms with Gasteiger partial charge in [0.2, 0.25) is 0 Å². The smallest absolute Gasteiger partial charge is 0.0931 e. The molecule has 1 unspecified atom stereocenters. The van der Waals surface area contributed by atoms with Crippen molar-refractivity contribution in [3.8, 4) is 0 Å². The third kappa shape index (κ3) is 2.91. The Kier molecular flexibility index (Phi) is 4.52. The molecule has 16 heavy (non-hydrogen) atoms. The average molecular weight is 445 g/mol. The first-order valence-corrected chi connectivity index (χ1v) is 8.12. The van der Waals surface area contributed by atoms with Gasteiger partial charge in [0, 0.05) is 13.8 Å². The highest BCUT2D eigenvalue weighted by Crippen LogP contribution is 2.40. The number of thiophene rings is 1. The predicted molar refractivity (Wildman–Crippen MR) is 81.9 cm³/mol. The van der Waals surface area contributed by atoms with Crippen LogP contribution in [-0.4, -0.2) is 0 Å². The van der Waals surface area contributed by atoms with Crippen molar-refractivity contribution < 1.29 is 0 Å². The lowest BCUT2D eigenvalue weighted by atomic mass is 10.1. The van der Waals surface area contributed by atoms with Gasteiger partial charge in [-0.1, -0.05) is 65.5 Å². The van der Waals surface area contributed by atoms with Crippen molar-refractivity contribution in [3.05, 3.63) is 54.1 Å². The van der Waals surface area contributed by atoms with Gasteiger partial charge in [-0.15, -0.1) is 11.3 Å². The van der Waals surface area contributed by atoms with Gasteiger partial charge < -0.3 is 0 Å². The van der Waals surface area contributed by atoms with E-state index in [1.54, 1.807) is 11.3 Å². The van der Waals surface area contributed by atoms with Crippen LogP contribution in [0.25, 0.3) is 0 Å². The van der Waals surface area contributed by atoms with Crippen molar-refractivity contribution in [3.63, 3.8) is 0 Å². The van der Waals surface area contributed by atoms with Crippen molar-refractivity contribution in [1.29, 1.82) is 0 Å². The lowest BCUT2D eigenvalue weighted by molar-refractivity contribution is 1.20. The molecule has 0 aliphatic heterocycles. The second-order valence-electron chi connectivity index (χ2n) is 3.17. The van der Waals surface area contributed by atoms with Crippen molar-refractivity contribution in [2.24, 2.45) is 0 Å². The van der Waals surface area contributed by atoms with Crippen LogP contribution >= 0.6 is 70.7 Å². The van der Waals surface area contributed by atoms with E-state index in [4.69, 9.17) is 11.6 Å². The molecule has 84 valence electrons. The van der Waals surface area contributed by atoms with Gasteiger partial charge in [-0.05, 0) is 29.8 Å². The molecule has 0 amide bonds. The van der Waals surface area contributed by atoms with Gasteiger partial charge in [0.15, 0.2) is 0 Å². The molecule has 1 aromatic heterocycles. The van der Waals surface area contributed by atoms with Crippen LogP contribution in [0, 0.1) is 0 Å². The molecule has 2 aromatic rings. The summed E-state index contributed by atoms with van der Waals surface area (Å²) in [7, 11) is 0. The van der Waals surface area contributed by atoms with E-state index in [1.807, 2.05) is 24.3 Å². The molecule has 0 spiro atoms. The maximum absolute atomic E-state index is 5.94. The average Bonchev–Trinajstić information content (AvgIpc) is 2.64. The van der Waals surface area contributed by atoms with E-state index < -0.39 is 0 Å². The van der Waals surface area contributed by atoms with Crippen LogP contribution in [0.5, 0.6) is 0 Å². The molecule has 0 saturated carbocycles. The van der Waals surface area contributed by atoms with E-state index in [-0.39, 0.29) is 4.83 Å². The fourth-order valence-electron chi connectivity index (χ4n) is 1.32. The summed E-state index contributed by atoms with van der Waals surface area (Å²) < 4.78 is 2.95. The van der Waals surface area contributed by atoms with Crippen LogP contribution < -0.4 is 0 Å². The highest BCUT2D eigenvalue weighted by molar-refractivity contribution is 9.11. The summed E-state index contributed by atoms with van der Waals surface area (Å²) in [5.41, 5.74) is 1.20. The molecule has 1 heterocycles. The van der Waals surface area contributed by atoms with Gasteiger partial charge in [-0.2, -0.15) is 0 Å². The minimum absolute atomic E-state index is 0.174. The first-order chi connectivity index (χ1) is 7.58. The van der Waals surface area contributed by atoms with Gasteiger partial charge in [0.25, 0.3) is 0 Å². The predicted octanol–water partition coefficient (Wildman–Crippen LogP) is 6.41. The molecule has 1 atom stereocenters. The summed E-state index contributed by atoms with van der Waals surface area (Å²) in [5, 5.41) is 0. The summed E-state index contributed by atoms with van der Waals surface area (Å²) in [4.78, 5) is 1.38. The topological polar surface area (TPSA) is 0 Å². The Morgan fingerprint density at radius 1 is 1.12 bits per heavy atom. The summed E-state index contributed by atoms with van der Waals surface area (Å²) in [5.74, 6) is 0. The summed E-state index contributed by atoms with van der Waals surface area (Å²) in [6, 6.07) is 10.1. The highest BCUT2D eigenvalue weighted by atomic mass is 79.9. The van der Waals surface area contributed by atoms with E-state index in [2.05, 4.69) is 53.9 Å². The number of hydrogen-bond donors (Lipinski definition) is 0. The Labute approximate surface area is 128 Å². The fraction of sp³-hybridized carbons (Fsp3) is 0.0909. The van der Waals surface area contributed by atoms with Crippen LogP contribution in [0.4, 0.5) is 0 Å². The molecule has 0 fully saturated rings. The third-order valence-electron chi connectivity index (χ3n) is 2.08. The van der Waals surface area contributed by atoms with Crippen LogP contribution in [0.2, 0.25) is 4.34 Å². The Balaban J connectivity index is 2.37. The minimum Gasteiger partial charge on any atom is -0.127 e. The highest BCUT2D eigenvalue weighted by Gasteiger charge is 2.15. The van der Waals surface area contributed by atoms with Crippen LogP contribution in [0.1, 0.15) is 15.3 Å². The van der Waals surface area contributed by atoms with Crippen molar-refractivity contribution >= 4 is 70.7 Å². The zero-order valence-corrected chi connectivity index (χ0v) is 14.2. The van der Waals surface area contributed by atoms with Crippen molar-refractivity contribution in [2.75, 3.05) is 0 Å². The number of benzene rings is 1. The van der Waals surface area contributed by atoms with E-state index in [0.29, 0.717) is 0 Å². The molecule has 2 rings (SSSR count). The molecule has 0 aliphatic rings. The third-order valence-corrected chi connectivity index (χ3v) is 5.84. The zero-order valence-electron chi connectivity index (χ0n) is 7.88. The van der Waals surface area contributed by atoms with Gasteiger partial charge in [-0.3, -0.25) is 0 Å². The molecule has 5 heteroatoms. The lowest BCUT2D eigenvalue weighted by Crippen LogP contribution is -1.90. The number of hydrogen-bond acceptors (Lipinski definition) is 1. The second kappa shape index (κ2) is 5.53. The molecule has 0 N–H and O–H groups in total. The molecule has 0 aliphatic carbocycles. The molecule has 0 bridgehead atoms. The van der Waals surface area contributed by atoms with Crippen LogP contribution in [-0.2, 0) is 0 Å². The first kappa shape index (κ1) is 13.1. The maximum Gasteiger partial charge on any atom is 0.0931 e. The quantitative estimate of drug-likeness (QED) is 0.469. The second-order valence-corrected chi connectivity index (χ2v) is 7.60. The van der Waals surface area contributed by atoms with E-state index >= 15 is 0 Å². The first-order valence-electron chi connectivity index (χ1n) is 4.42. The van der Waals surface area contributed by atoms with E-state index in [0.717, 1.165) is 13.3 Å². The fourth-order valence-corrected chi connectivity index (χ4v) is 4.80. The Morgan fingerprint density at radius 2 is 1.88 bits per heavy atom. The normalized spacial score (nSPS) is 12.8. The molecule has 0 radical (unpaired) electrons. The largest absolute Gasteiger partial charge is 0.127 e. The van der Waals surface area contributed by atoms with E-state index in [1.165, 1.54) is 10.4 Å². The summed E-state index contributed by atoms with van der Waals surface area (Å²) >= 11 is 18.2. The monoisotopic (exact) mass is 442 g/mol. The molecule has 0 nitrogen and oxygen atoms in total. The van der Waals surface area contributed by atoms with Crippen molar-refractivity contribution in [2.45, 2.75) is 4.83 Å². The van der Waals surface area contributed by atoms with Gasteiger partial charge >= 0.3 is 0 Å². The van der Waals surface area contributed by atoms with Crippen LogP contribution in [0.15, 0.2) is 39.3 Å². The van der Waals surface area contributed by atoms with Gasteiger partial charge in [0.05, 0.1) is 9.16 Å². The lowest BCUT2D eigenvalue weighted by Gasteiger charge is -2.10. The summed E-state index contributed by atoms with van der Waals surface area (Å²) in [6.07, 6.45) is 0. The standard InChI is InChI=1S/C11H6Br3ClS/c12-6-1-2-7(8(13)5-6)11(14)9-3-4-10(15)16-9/h1-5,11H. The molecule has 0 saturated heterocycles. The molecule has 1 aromatic carbocycles. The molecular formula is C11H6Br3ClS. The van der Waals surface area contributed by atoms with Crippen LogP contribution in [0.3, 0.4) is 0 Å². The Morgan fingerprint density at radius 3 is 2.44 bits per heavy atom. The Hall–Kier alpha value is 0.650. The zero-order chi connectivity index (χ0) is 11.7. The van der Waals surface area contributed by atoms with Gasteiger partial charge in [-0.25, -0.2) is 0 Å².